The van der Waals surface area contributed by atoms with Gasteiger partial charge in [-0.1, -0.05) is 23.2 Å². The Balaban J connectivity index is 2.10. The molecular formula is C19H12Cl2N2O3S. The van der Waals surface area contributed by atoms with Crippen LogP contribution in [0.4, 0.5) is 0 Å². The molecule has 0 fully saturated rings. The molecule has 0 heterocycles. The van der Waals surface area contributed by atoms with Crippen LogP contribution in [0.15, 0.2) is 87.1 Å². The number of halogens is 2. The summed E-state index contributed by atoms with van der Waals surface area (Å²) in [6.45, 7) is 0. The molecule has 0 aliphatic heterocycles. The molecule has 0 N–H and O–H groups in total. The Bertz CT molecular complexity index is 1080. The molecule has 0 unspecified atom stereocenters. The number of carbonyl (C=O) groups is 1. The third-order valence-electron chi connectivity index (χ3n) is 3.49. The first kappa shape index (κ1) is 19.2. The van der Waals surface area contributed by atoms with E-state index in [4.69, 9.17) is 23.2 Å². The molecule has 1 aliphatic carbocycles. The SMILES string of the molecule is O=C1C=CC(=N/C(=N/S(=O)(=O)c2ccc(Cl)cc2)c2ccc(Cl)cc2)C=C1. The molecule has 0 atom stereocenters. The van der Waals surface area contributed by atoms with Crippen LogP contribution in [0.5, 0.6) is 0 Å². The first-order chi connectivity index (χ1) is 12.8. The van der Waals surface area contributed by atoms with Crippen LogP contribution >= 0.6 is 23.2 Å². The van der Waals surface area contributed by atoms with Gasteiger partial charge in [0, 0.05) is 15.6 Å². The van der Waals surface area contributed by atoms with E-state index in [0.717, 1.165) is 0 Å². The number of hydrogen-bond donors (Lipinski definition) is 0. The standard InChI is InChI=1S/C19H12Cl2N2O3S/c20-14-3-1-13(2-4-14)19(22-16-7-9-17(24)10-8-16)23-27(25,26)18-11-5-15(21)6-12-18/h1-12H/b23-19+. The van der Waals surface area contributed by atoms with Crippen LogP contribution in [0.2, 0.25) is 10.0 Å². The second-order valence-electron chi connectivity index (χ2n) is 5.46. The van der Waals surface area contributed by atoms with Crippen molar-refractivity contribution in [3.05, 3.63) is 88.4 Å². The highest BCUT2D eigenvalue weighted by Crippen LogP contribution is 2.19. The van der Waals surface area contributed by atoms with Gasteiger partial charge in [0.05, 0.1) is 10.6 Å². The average Bonchev–Trinajstić information content (AvgIpc) is 2.64. The zero-order valence-corrected chi connectivity index (χ0v) is 16.0. The second-order valence-corrected chi connectivity index (χ2v) is 7.93. The summed E-state index contributed by atoms with van der Waals surface area (Å²) >= 11 is 11.7. The molecule has 0 bridgehead atoms. The number of rotatable bonds is 3. The molecule has 2 aromatic carbocycles. The highest BCUT2D eigenvalue weighted by atomic mass is 35.5. The van der Waals surface area contributed by atoms with Gasteiger partial charge in [0.2, 0.25) is 0 Å². The van der Waals surface area contributed by atoms with Gasteiger partial charge in [0.1, 0.15) is 0 Å². The molecule has 8 heteroatoms. The lowest BCUT2D eigenvalue weighted by atomic mass is 10.1. The van der Waals surface area contributed by atoms with Crippen LogP contribution in [0.3, 0.4) is 0 Å². The average molecular weight is 419 g/mol. The maximum absolute atomic E-state index is 12.7. The summed E-state index contributed by atoms with van der Waals surface area (Å²) in [5, 5.41) is 0.910. The predicted octanol–water partition coefficient (Wildman–Crippen LogP) is 4.27. The highest BCUT2D eigenvalue weighted by molar-refractivity contribution is 7.90. The number of amidine groups is 1. The van der Waals surface area contributed by atoms with E-state index >= 15 is 0 Å². The summed E-state index contributed by atoms with van der Waals surface area (Å²) in [5.74, 6) is -0.201. The third kappa shape index (κ3) is 5.01. The van der Waals surface area contributed by atoms with Crippen molar-refractivity contribution in [2.24, 2.45) is 9.39 Å². The Morgan fingerprint density at radius 2 is 1.30 bits per heavy atom. The van der Waals surface area contributed by atoms with Crippen molar-refractivity contribution in [3.8, 4) is 0 Å². The number of benzene rings is 2. The summed E-state index contributed by atoms with van der Waals surface area (Å²) in [5.41, 5.74) is 0.859. The minimum absolute atomic E-state index is 0.0107. The zero-order valence-electron chi connectivity index (χ0n) is 13.7. The van der Waals surface area contributed by atoms with Crippen LogP contribution in [0.1, 0.15) is 5.56 Å². The van der Waals surface area contributed by atoms with Gasteiger partial charge in [0.25, 0.3) is 10.0 Å². The second kappa shape index (κ2) is 8.00. The molecule has 0 saturated carbocycles. The number of sulfonamides is 1. The summed E-state index contributed by atoms with van der Waals surface area (Å²) in [6.07, 6.45) is 5.66. The van der Waals surface area contributed by atoms with Crippen LogP contribution in [0.25, 0.3) is 0 Å². The lowest BCUT2D eigenvalue weighted by Gasteiger charge is -2.06. The fraction of sp³-hybridized carbons (Fsp3) is 0. The lowest BCUT2D eigenvalue weighted by molar-refractivity contribution is -0.110. The predicted molar refractivity (Wildman–Crippen MR) is 107 cm³/mol. The molecule has 136 valence electrons. The molecule has 3 rings (SSSR count). The van der Waals surface area contributed by atoms with Crippen LogP contribution < -0.4 is 0 Å². The molecule has 0 spiro atoms. The van der Waals surface area contributed by atoms with Crippen molar-refractivity contribution in [1.29, 1.82) is 0 Å². The first-order valence-corrected chi connectivity index (χ1v) is 9.88. The molecule has 0 aromatic heterocycles. The van der Waals surface area contributed by atoms with Gasteiger partial charge in [-0.15, -0.1) is 4.40 Å². The fourth-order valence-corrected chi connectivity index (χ4v) is 3.36. The molecule has 1 aliphatic rings. The summed E-state index contributed by atoms with van der Waals surface area (Å²) in [4.78, 5) is 15.5. The Morgan fingerprint density at radius 1 is 0.778 bits per heavy atom. The van der Waals surface area contributed by atoms with Crippen molar-refractivity contribution < 1.29 is 13.2 Å². The van der Waals surface area contributed by atoms with Gasteiger partial charge < -0.3 is 0 Å². The van der Waals surface area contributed by atoms with Crippen molar-refractivity contribution >= 4 is 50.6 Å². The Hall–Kier alpha value is -2.54. The molecule has 0 saturated heterocycles. The molecule has 5 nitrogen and oxygen atoms in total. The maximum atomic E-state index is 12.7. The monoisotopic (exact) mass is 418 g/mol. The molecule has 2 aromatic rings. The van der Waals surface area contributed by atoms with Gasteiger partial charge in [-0.2, -0.15) is 8.42 Å². The maximum Gasteiger partial charge on any atom is 0.284 e. The summed E-state index contributed by atoms with van der Waals surface area (Å²) < 4.78 is 29.2. The molecule has 0 radical (unpaired) electrons. The van der Waals surface area contributed by atoms with Crippen molar-refractivity contribution in [1.82, 2.24) is 0 Å². The number of carbonyl (C=O) groups excluding carboxylic acids is 1. The number of ketones is 1. The Morgan fingerprint density at radius 3 is 1.85 bits per heavy atom. The Labute approximate surface area is 166 Å². The van der Waals surface area contributed by atoms with Crippen LogP contribution in [0, 0.1) is 0 Å². The van der Waals surface area contributed by atoms with Gasteiger partial charge >= 0.3 is 0 Å². The number of nitrogens with zero attached hydrogens (tertiary/aromatic N) is 2. The largest absolute Gasteiger partial charge is 0.290 e. The number of aliphatic imine (C=N–C) groups is 1. The molecule has 0 amide bonds. The smallest absolute Gasteiger partial charge is 0.284 e. The van der Waals surface area contributed by atoms with Crippen LogP contribution in [-0.2, 0) is 14.8 Å². The van der Waals surface area contributed by atoms with Crippen molar-refractivity contribution in [3.63, 3.8) is 0 Å². The van der Waals surface area contributed by atoms with E-state index in [1.165, 1.54) is 48.6 Å². The highest BCUT2D eigenvalue weighted by Gasteiger charge is 2.16. The van der Waals surface area contributed by atoms with Crippen molar-refractivity contribution in [2.75, 3.05) is 0 Å². The minimum Gasteiger partial charge on any atom is -0.290 e. The number of allylic oxidation sites excluding steroid dienone is 4. The van der Waals surface area contributed by atoms with E-state index in [0.29, 0.717) is 21.3 Å². The zero-order chi connectivity index (χ0) is 19.4. The van der Waals surface area contributed by atoms with E-state index in [1.807, 2.05) is 0 Å². The van der Waals surface area contributed by atoms with Gasteiger partial charge in [-0.3, -0.25) is 4.79 Å². The number of hydrogen-bond acceptors (Lipinski definition) is 3. The van der Waals surface area contributed by atoms with Gasteiger partial charge in [0.15, 0.2) is 11.6 Å². The molecule has 27 heavy (non-hydrogen) atoms. The molecular weight excluding hydrogens is 407 g/mol. The third-order valence-corrected chi connectivity index (χ3v) is 5.28. The summed E-state index contributed by atoms with van der Waals surface area (Å²) in [7, 11) is -4.02. The van der Waals surface area contributed by atoms with Crippen molar-refractivity contribution in [2.45, 2.75) is 4.90 Å². The fourth-order valence-electron chi connectivity index (χ4n) is 2.15. The first-order valence-electron chi connectivity index (χ1n) is 7.69. The Kier molecular flexibility index (Phi) is 5.70. The lowest BCUT2D eigenvalue weighted by Crippen LogP contribution is -2.08. The minimum atomic E-state index is -4.02. The quantitative estimate of drug-likeness (QED) is 0.424. The summed E-state index contributed by atoms with van der Waals surface area (Å²) in [6, 6.07) is 12.1. The van der Waals surface area contributed by atoms with E-state index < -0.39 is 10.0 Å². The van der Waals surface area contributed by atoms with E-state index in [2.05, 4.69) is 9.39 Å². The van der Waals surface area contributed by atoms with E-state index in [1.54, 1.807) is 24.3 Å². The normalized spacial score (nSPS) is 14.5. The topological polar surface area (TPSA) is 75.9 Å². The van der Waals surface area contributed by atoms with E-state index in [9.17, 15) is 13.2 Å². The van der Waals surface area contributed by atoms with Gasteiger partial charge in [-0.05, 0) is 72.8 Å². The van der Waals surface area contributed by atoms with E-state index in [-0.39, 0.29) is 16.5 Å². The van der Waals surface area contributed by atoms with Gasteiger partial charge in [-0.25, -0.2) is 4.99 Å². The van der Waals surface area contributed by atoms with Crippen LogP contribution in [-0.4, -0.2) is 25.7 Å².